The predicted molar refractivity (Wildman–Crippen MR) is 95.3 cm³/mol. The molecule has 0 saturated carbocycles. The second kappa shape index (κ2) is 6.95. The zero-order chi connectivity index (χ0) is 17.9. The van der Waals surface area contributed by atoms with Gasteiger partial charge in [0.05, 0.1) is 35.9 Å². The van der Waals surface area contributed by atoms with Crippen LogP contribution in [0.4, 0.5) is 0 Å². The predicted octanol–water partition coefficient (Wildman–Crippen LogP) is 2.26. The van der Waals surface area contributed by atoms with Gasteiger partial charge in [-0.05, 0) is 19.1 Å². The second-order valence-electron chi connectivity index (χ2n) is 6.21. The molecule has 7 heteroatoms. The van der Waals surface area contributed by atoms with Crippen molar-refractivity contribution in [1.29, 1.82) is 0 Å². The normalized spacial score (nSPS) is 16.7. The van der Waals surface area contributed by atoms with Crippen LogP contribution in [0.25, 0.3) is 5.69 Å². The number of aromatic nitrogens is 4. The number of nitrogens with zero attached hydrogens (tertiary/aromatic N) is 5. The van der Waals surface area contributed by atoms with Crippen LogP contribution in [0.2, 0.25) is 0 Å². The third-order valence-corrected chi connectivity index (χ3v) is 4.50. The summed E-state index contributed by atoms with van der Waals surface area (Å²) in [5.41, 5.74) is 2.39. The van der Waals surface area contributed by atoms with Gasteiger partial charge in [0.25, 0.3) is 5.91 Å². The smallest absolute Gasteiger partial charge is 0.257 e. The summed E-state index contributed by atoms with van der Waals surface area (Å²) in [5, 5.41) is 4.38. The Hall–Kier alpha value is -3.22. The highest BCUT2D eigenvalue weighted by Gasteiger charge is 2.30. The van der Waals surface area contributed by atoms with Gasteiger partial charge < -0.3 is 9.64 Å². The molecule has 0 radical (unpaired) electrons. The van der Waals surface area contributed by atoms with Crippen molar-refractivity contribution < 1.29 is 9.53 Å². The number of carbonyl (C=O) groups excluding carboxylic acids is 1. The summed E-state index contributed by atoms with van der Waals surface area (Å²) in [6.07, 6.45) is 7.12. The molecule has 1 aromatic carbocycles. The van der Waals surface area contributed by atoms with Crippen LogP contribution in [0.15, 0.2) is 55.1 Å². The van der Waals surface area contributed by atoms with Crippen molar-refractivity contribution in [2.45, 2.75) is 19.4 Å². The number of para-hydroxylation sites is 1. The van der Waals surface area contributed by atoms with Gasteiger partial charge in [-0.1, -0.05) is 18.2 Å². The highest BCUT2D eigenvalue weighted by Crippen LogP contribution is 2.20. The van der Waals surface area contributed by atoms with E-state index in [1.54, 1.807) is 34.4 Å². The standard InChI is InChI=1S/C19H19N5O2/c1-14-17(11-22-24(14)15-5-3-2-4-6-15)19(25)23-10-7-16(13-23)26-18-12-20-8-9-21-18/h2-6,8-9,11-12,16H,7,10,13H2,1H3. The van der Waals surface area contributed by atoms with Crippen molar-refractivity contribution in [2.24, 2.45) is 0 Å². The van der Waals surface area contributed by atoms with E-state index < -0.39 is 0 Å². The van der Waals surface area contributed by atoms with Crippen molar-refractivity contribution in [1.82, 2.24) is 24.6 Å². The molecular formula is C19H19N5O2. The van der Waals surface area contributed by atoms with E-state index in [0.29, 0.717) is 24.5 Å². The van der Waals surface area contributed by atoms with Gasteiger partial charge in [-0.15, -0.1) is 0 Å². The van der Waals surface area contributed by atoms with Crippen molar-refractivity contribution in [3.05, 3.63) is 66.4 Å². The molecule has 1 aliphatic heterocycles. The molecule has 1 atom stereocenters. The topological polar surface area (TPSA) is 73.1 Å². The summed E-state index contributed by atoms with van der Waals surface area (Å²) >= 11 is 0. The molecule has 0 N–H and O–H groups in total. The Bertz CT molecular complexity index is 895. The Kier molecular flexibility index (Phi) is 4.35. The Balaban J connectivity index is 1.46. The lowest BCUT2D eigenvalue weighted by Gasteiger charge is -2.16. The van der Waals surface area contributed by atoms with Crippen LogP contribution in [-0.4, -0.2) is 49.7 Å². The summed E-state index contributed by atoms with van der Waals surface area (Å²) < 4.78 is 7.60. The van der Waals surface area contributed by atoms with Gasteiger partial charge in [0.15, 0.2) is 0 Å². The maximum atomic E-state index is 12.9. The molecule has 2 aromatic heterocycles. The first-order chi connectivity index (χ1) is 12.7. The number of carbonyl (C=O) groups is 1. The molecule has 132 valence electrons. The highest BCUT2D eigenvalue weighted by atomic mass is 16.5. The molecule has 4 rings (SSSR count). The first-order valence-electron chi connectivity index (χ1n) is 8.54. The van der Waals surface area contributed by atoms with E-state index in [-0.39, 0.29) is 12.0 Å². The summed E-state index contributed by atoms with van der Waals surface area (Å²) in [4.78, 5) is 22.8. The summed E-state index contributed by atoms with van der Waals surface area (Å²) in [5.74, 6) is 0.467. The van der Waals surface area contributed by atoms with Crippen LogP contribution in [0.3, 0.4) is 0 Å². The lowest BCUT2D eigenvalue weighted by atomic mass is 10.2. The number of benzene rings is 1. The molecule has 3 aromatic rings. The Morgan fingerprint density at radius 1 is 1.19 bits per heavy atom. The van der Waals surface area contributed by atoms with Crippen molar-refractivity contribution in [3.8, 4) is 11.6 Å². The van der Waals surface area contributed by atoms with E-state index in [1.165, 1.54) is 0 Å². The van der Waals surface area contributed by atoms with Crippen molar-refractivity contribution in [2.75, 3.05) is 13.1 Å². The van der Waals surface area contributed by atoms with Gasteiger partial charge in [0.1, 0.15) is 6.10 Å². The average Bonchev–Trinajstić information content (AvgIpc) is 3.30. The Morgan fingerprint density at radius 3 is 2.81 bits per heavy atom. The fraction of sp³-hybridized carbons (Fsp3) is 0.263. The fourth-order valence-corrected chi connectivity index (χ4v) is 3.15. The molecule has 1 saturated heterocycles. The summed E-state index contributed by atoms with van der Waals surface area (Å²) in [6.45, 7) is 3.10. The molecule has 26 heavy (non-hydrogen) atoms. The van der Waals surface area contributed by atoms with Gasteiger partial charge in [-0.25, -0.2) is 9.67 Å². The van der Waals surface area contributed by atoms with Gasteiger partial charge in [0, 0.05) is 25.4 Å². The van der Waals surface area contributed by atoms with Crippen molar-refractivity contribution >= 4 is 5.91 Å². The molecule has 1 aliphatic rings. The third-order valence-electron chi connectivity index (χ3n) is 4.50. The minimum absolute atomic E-state index is 0.0186. The van der Waals surface area contributed by atoms with Crippen LogP contribution < -0.4 is 4.74 Å². The molecular weight excluding hydrogens is 330 g/mol. The number of amides is 1. The number of likely N-dealkylation sites (tertiary alicyclic amines) is 1. The fourth-order valence-electron chi connectivity index (χ4n) is 3.15. The monoisotopic (exact) mass is 349 g/mol. The van der Waals surface area contributed by atoms with Gasteiger partial charge in [-0.2, -0.15) is 5.10 Å². The third kappa shape index (κ3) is 3.15. The molecule has 0 aliphatic carbocycles. The van der Waals surface area contributed by atoms with Gasteiger partial charge >= 0.3 is 0 Å². The lowest BCUT2D eigenvalue weighted by molar-refractivity contribution is 0.0770. The highest BCUT2D eigenvalue weighted by molar-refractivity contribution is 5.95. The quantitative estimate of drug-likeness (QED) is 0.722. The second-order valence-corrected chi connectivity index (χ2v) is 6.21. The minimum Gasteiger partial charge on any atom is -0.471 e. The zero-order valence-corrected chi connectivity index (χ0v) is 14.4. The molecule has 0 spiro atoms. The van der Waals surface area contributed by atoms with E-state index in [1.807, 2.05) is 37.3 Å². The molecule has 1 amide bonds. The van der Waals surface area contributed by atoms with Gasteiger partial charge in [-0.3, -0.25) is 9.78 Å². The molecule has 0 bridgehead atoms. The van der Waals surface area contributed by atoms with E-state index >= 15 is 0 Å². The van der Waals surface area contributed by atoms with E-state index in [9.17, 15) is 4.79 Å². The maximum Gasteiger partial charge on any atom is 0.257 e. The number of ether oxygens (including phenoxy) is 1. The minimum atomic E-state index is -0.0693. The Morgan fingerprint density at radius 2 is 2.04 bits per heavy atom. The zero-order valence-electron chi connectivity index (χ0n) is 14.4. The molecule has 1 fully saturated rings. The first kappa shape index (κ1) is 16.3. The van der Waals surface area contributed by atoms with Crippen LogP contribution >= 0.6 is 0 Å². The Labute approximate surface area is 151 Å². The maximum absolute atomic E-state index is 12.9. The molecule has 3 heterocycles. The SMILES string of the molecule is Cc1c(C(=O)N2CCC(Oc3cnccn3)C2)cnn1-c1ccccc1. The van der Waals surface area contributed by atoms with Gasteiger partial charge in [0.2, 0.25) is 5.88 Å². The summed E-state index contributed by atoms with van der Waals surface area (Å²) in [7, 11) is 0. The van der Waals surface area contributed by atoms with Crippen LogP contribution in [0.1, 0.15) is 22.5 Å². The number of hydrogen-bond acceptors (Lipinski definition) is 5. The van der Waals surface area contributed by atoms with E-state index in [0.717, 1.165) is 17.8 Å². The molecule has 1 unspecified atom stereocenters. The largest absolute Gasteiger partial charge is 0.471 e. The number of rotatable bonds is 4. The van der Waals surface area contributed by atoms with Crippen molar-refractivity contribution in [3.63, 3.8) is 0 Å². The van der Waals surface area contributed by atoms with E-state index in [4.69, 9.17) is 4.74 Å². The van der Waals surface area contributed by atoms with Crippen LogP contribution in [0.5, 0.6) is 5.88 Å². The van der Waals surface area contributed by atoms with Crippen LogP contribution in [0, 0.1) is 6.92 Å². The number of hydrogen-bond donors (Lipinski definition) is 0. The van der Waals surface area contributed by atoms with Crippen LogP contribution in [-0.2, 0) is 0 Å². The average molecular weight is 349 g/mol. The first-order valence-corrected chi connectivity index (χ1v) is 8.54. The lowest BCUT2D eigenvalue weighted by Crippen LogP contribution is -2.31. The van der Waals surface area contributed by atoms with E-state index in [2.05, 4.69) is 15.1 Å². The molecule has 7 nitrogen and oxygen atoms in total. The summed E-state index contributed by atoms with van der Waals surface area (Å²) in [6, 6.07) is 9.79.